The van der Waals surface area contributed by atoms with Crippen LogP contribution in [0.25, 0.3) is 0 Å². The Bertz CT molecular complexity index is 1710. The average Bonchev–Trinajstić information content (AvgIpc) is 3.65. The van der Waals surface area contributed by atoms with Crippen LogP contribution in [0.3, 0.4) is 0 Å². The van der Waals surface area contributed by atoms with Crippen LogP contribution in [0.4, 0.5) is 0 Å². The van der Waals surface area contributed by atoms with E-state index in [-0.39, 0.29) is 24.9 Å². The van der Waals surface area contributed by atoms with Gasteiger partial charge in [0.25, 0.3) is 7.82 Å². The van der Waals surface area contributed by atoms with Crippen molar-refractivity contribution in [3.8, 4) is 0 Å². The van der Waals surface area contributed by atoms with E-state index in [1.54, 1.807) is 0 Å². The molecule has 10 heteroatoms. The molecule has 0 aromatic rings. The van der Waals surface area contributed by atoms with Crippen LogP contribution in [0.15, 0.2) is 85.1 Å². The van der Waals surface area contributed by atoms with E-state index < -0.39 is 26.6 Å². The lowest BCUT2D eigenvalue weighted by Crippen LogP contribution is -2.47. The van der Waals surface area contributed by atoms with Gasteiger partial charge in [0.15, 0.2) is 0 Å². The molecule has 488 valence electrons. The number of carbonyl (C=O) groups is 2. The number of hydrogen-bond donors (Lipinski definition) is 1. The highest BCUT2D eigenvalue weighted by Gasteiger charge is 2.27. The number of esters is 1. The largest absolute Gasteiger partial charge is 0.756 e. The van der Waals surface area contributed by atoms with Crippen LogP contribution >= 0.6 is 7.82 Å². The highest BCUT2D eigenvalue weighted by atomic mass is 31.2. The molecule has 3 unspecified atom stereocenters. The van der Waals surface area contributed by atoms with Crippen LogP contribution in [-0.4, -0.2) is 69.4 Å². The molecule has 0 bridgehead atoms. The minimum absolute atomic E-state index is 0.0259. The summed E-state index contributed by atoms with van der Waals surface area (Å²) in [6.07, 6.45) is 84.1. The summed E-state index contributed by atoms with van der Waals surface area (Å²) in [6, 6.07) is -0.896. The normalized spacial score (nSPS) is 14.0. The van der Waals surface area contributed by atoms with Gasteiger partial charge in [-0.15, -0.1) is 0 Å². The molecule has 1 N–H and O–H groups in total. The molecule has 9 nitrogen and oxygen atoms in total. The zero-order valence-electron chi connectivity index (χ0n) is 55.8. The Balaban J connectivity index is 5.07. The molecule has 84 heavy (non-hydrogen) atoms. The van der Waals surface area contributed by atoms with Gasteiger partial charge in [0.2, 0.25) is 5.91 Å². The Morgan fingerprint density at radius 3 is 1.11 bits per heavy atom. The van der Waals surface area contributed by atoms with Crippen LogP contribution in [0.5, 0.6) is 0 Å². The number of likely N-dealkylation sites (N-methyl/N-ethyl adjacent to an activating group) is 1. The lowest BCUT2D eigenvalue weighted by molar-refractivity contribution is -0.870. The highest BCUT2D eigenvalue weighted by molar-refractivity contribution is 7.45. The Labute approximate surface area is 520 Å². The summed E-state index contributed by atoms with van der Waals surface area (Å²) in [6.45, 7) is 6.81. The SMILES string of the molecule is CCCCC/C=C\C/C=C\C/C=C\C/C=C\CCCCCCCCCCCCCC(=O)OC(/C=C\CCCCCCCCCCCC)C(COP(=O)([O-])OCC[N+](C)(C)C)NC(=O)CCCCCCCCCCC/C=C\C/C=C\CCCCC. The van der Waals surface area contributed by atoms with E-state index in [1.807, 2.05) is 33.3 Å². The fourth-order valence-corrected chi connectivity index (χ4v) is 10.8. The number of rotatable bonds is 64. The number of allylic oxidation sites excluding steroid dienone is 13. The summed E-state index contributed by atoms with van der Waals surface area (Å²) in [5.74, 6) is -0.543. The van der Waals surface area contributed by atoms with Crippen molar-refractivity contribution >= 4 is 19.7 Å². The van der Waals surface area contributed by atoms with Crippen molar-refractivity contribution in [1.82, 2.24) is 5.32 Å². The number of carbonyl (C=O) groups excluding carboxylic acids is 2. The molecule has 0 aliphatic carbocycles. The Hall–Kier alpha value is -2.81. The topological polar surface area (TPSA) is 114 Å². The highest BCUT2D eigenvalue weighted by Crippen LogP contribution is 2.38. The van der Waals surface area contributed by atoms with Crippen molar-refractivity contribution in [2.45, 2.75) is 335 Å². The second-order valence-electron chi connectivity index (χ2n) is 25.0. The molecule has 0 saturated heterocycles. The monoisotopic (exact) mass is 1200 g/mol. The number of ether oxygens (including phenoxy) is 1. The summed E-state index contributed by atoms with van der Waals surface area (Å²) >= 11 is 0. The maximum absolute atomic E-state index is 13.6. The predicted molar refractivity (Wildman–Crippen MR) is 362 cm³/mol. The van der Waals surface area contributed by atoms with Crippen molar-refractivity contribution in [1.29, 1.82) is 0 Å². The summed E-state index contributed by atoms with van der Waals surface area (Å²) in [7, 11) is 1.18. The van der Waals surface area contributed by atoms with Gasteiger partial charge in [0.05, 0.1) is 33.8 Å². The molecule has 0 rings (SSSR count). The zero-order chi connectivity index (χ0) is 61.4. The van der Waals surface area contributed by atoms with Crippen molar-refractivity contribution in [3.63, 3.8) is 0 Å². The van der Waals surface area contributed by atoms with E-state index in [0.717, 1.165) is 96.3 Å². The van der Waals surface area contributed by atoms with Crippen LogP contribution in [0, 0.1) is 0 Å². The second-order valence-corrected chi connectivity index (χ2v) is 26.4. The maximum atomic E-state index is 13.6. The third-order valence-electron chi connectivity index (χ3n) is 15.5. The number of nitrogens with zero attached hydrogens (tertiary/aromatic N) is 1. The van der Waals surface area contributed by atoms with Gasteiger partial charge in [0, 0.05) is 12.8 Å². The second kappa shape index (κ2) is 63.2. The van der Waals surface area contributed by atoms with E-state index in [4.69, 9.17) is 13.8 Å². The Kier molecular flexibility index (Phi) is 61.1. The van der Waals surface area contributed by atoms with Crippen molar-refractivity contribution in [2.75, 3.05) is 40.9 Å². The first-order chi connectivity index (χ1) is 40.9. The van der Waals surface area contributed by atoms with Crippen LogP contribution in [0.1, 0.15) is 323 Å². The Morgan fingerprint density at radius 1 is 0.417 bits per heavy atom. The molecule has 0 fully saturated rings. The standard InChI is InChI=1S/C74H135N2O7P/c1-7-10-13-16-19-22-25-28-30-32-34-35-36-37-38-39-40-41-43-45-47-49-52-55-58-61-64-67-74(78)83-72(65-62-59-56-53-50-27-24-21-18-15-12-9-3)71(70-82-84(79,80)81-69-68-76(4,5)6)75-73(77)66-63-60-57-54-51-48-46-44-42-33-31-29-26-23-20-17-14-11-8-2/h19-20,22-23,28-31,34-35,37-38,62,65,71-72H,7-18,21,24-27,32-33,36,39-61,63-64,66-70H2,1-6H3,(H-,75,77,79,80)/b22-19-,23-20-,30-28-,31-29-,35-34-,38-37-,65-62-. The lowest BCUT2D eigenvalue weighted by atomic mass is 10.0. The van der Waals surface area contributed by atoms with E-state index in [1.165, 1.54) is 193 Å². The van der Waals surface area contributed by atoms with E-state index >= 15 is 0 Å². The van der Waals surface area contributed by atoms with Gasteiger partial charge in [-0.2, -0.15) is 0 Å². The third-order valence-corrected chi connectivity index (χ3v) is 16.5. The predicted octanol–water partition coefficient (Wildman–Crippen LogP) is 21.9. The molecule has 0 saturated carbocycles. The molecular formula is C74H135N2O7P. The van der Waals surface area contributed by atoms with Crippen molar-refractivity contribution in [2.24, 2.45) is 0 Å². The van der Waals surface area contributed by atoms with E-state index in [9.17, 15) is 19.0 Å². The quantitative estimate of drug-likeness (QED) is 0.0212. The van der Waals surface area contributed by atoms with Gasteiger partial charge >= 0.3 is 5.97 Å². The first-order valence-electron chi connectivity index (χ1n) is 35.4. The maximum Gasteiger partial charge on any atom is 0.306 e. The number of hydrogen-bond acceptors (Lipinski definition) is 7. The summed E-state index contributed by atoms with van der Waals surface area (Å²) < 4.78 is 30.4. The minimum Gasteiger partial charge on any atom is -0.756 e. The minimum atomic E-state index is -4.71. The van der Waals surface area contributed by atoms with Crippen LogP contribution in [-0.2, 0) is 27.9 Å². The molecule has 0 aromatic heterocycles. The average molecular weight is 1200 g/mol. The molecule has 3 atom stereocenters. The molecule has 0 radical (unpaired) electrons. The molecule has 0 spiro atoms. The first-order valence-corrected chi connectivity index (χ1v) is 36.9. The van der Waals surface area contributed by atoms with E-state index in [0.29, 0.717) is 17.4 Å². The molecule has 1 amide bonds. The Morgan fingerprint density at radius 2 is 0.726 bits per heavy atom. The van der Waals surface area contributed by atoms with Crippen molar-refractivity contribution < 1.29 is 37.3 Å². The lowest BCUT2D eigenvalue weighted by Gasteiger charge is -2.30. The molecule has 0 heterocycles. The fraction of sp³-hybridized carbons (Fsp3) is 0.784. The van der Waals surface area contributed by atoms with Gasteiger partial charge in [-0.3, -0.25) is 14.2 Å². The number of nitrogens with one attached hydrogen (secondary N) is 1. The number of amides is 1. The number of phosphoric acid groups is 1. The number of phosphoric ester groups is 1. The van der Waals surface area contributed by atoms with Gasteiger partial charge in [-0.05, 0) is 109 Å². The zero-order valence-corrected chi connectivity index (χ0v) is 56.7. The van der Waals surface area contributed by atoms with Crippen molar-refractivity contribution in [3.05, 3.63) is 85.1 Å². The fourth-order valence-electron chi connectivity index (χ4n) is 10.1. The van der Waals surface area contributed by atoms with Gasteiger partial charge in [-0.25, -0.2) is 0 Å². The van der Waals surface area contributed by atoms with E-state index in [2.05, 4.69) is 99.0 Å². The third kappa shape index (κ3) is 63.7. The summed E-state index contributed by atoms with van der Waals surface area (Å²) in [5, 5.41) is 3.04. The molecule has 0 aliphatic heterocycles. The molecule has 0 aromatic carbocycles. The smallest absolute Gasteiger partial charge is 0.306 e. The summed E-state index contributed by atoms with van der Waals surface area (Å²) in [4.78, 5) is 40.2. The number of unbranched alkanes of at least 4 members (excludes halogenated alkanes) is 36. The van der Waals surface area contributed by atoms with Gasteiger partial charge in [0.1, 0.15) is 19.3 Å². The van der Waals surface area contributed by atoms with Gasteiger partial charge < -0.3 is 28.5 Å². The van der Waals surface area contributed by atoms with Gasteiger partial charge in [-0.1, -0.05) is 286 Å². The number of quaternary nitrogens is 1. The molecular weight excluding hydrogens is 1060 g/mol. The molecule has 0 aliphatic rings. The summed E-state index contributed by atoms with van der Waals surface area (Å²) in [5.41, 5.74) is 0. The first kappa shape index (κ1) is 81.2. The van der Waals surface area contributed by atoms with Crippen LogP contribution < -0.4 is 10.2 Å². The van der Waals surface area contributed by atoms with Crippen LogP contribution in [0.2, 0.25) is 0 Å².